The molecule has 1 aromatic heterocycles. The van der Waals surface area contributed by atoms with Gasteiger partial charge >= 0.3 is 0 Å². The van der Waals surface area contributed by atoms with Crippen molar-refractivity contribution in [1.29, 1.82) is 0 Å². The van der Waals surface area contributed by atoms with Gasteiger partial charge in [0.2, 0.25) is 0 Å². The maximum Gasteiger partial charge on any atom is 0.257 e. The van der Waals surface area contributed by atoms with Crippen molar-refractivity contribution < 1.29 is 9.59 Å². The average Bonchev–Trinajstić information content (AvgIpc) is 2.81. The zero-order valence-electron chi connectivity index (χ0n) is 15.5. The van der Waals surface area contributed by atoms with Crippen molar-refractivity contribution in [2.75, 3.05) is 5.32 Å². The molecule has 138 valence electrons. The Bertz CT molecular complexity index is 780. The fourth-order valence-electron chi connectivity index (χ4n) is 2.94. The van der Waals surface area contributed by atoms with Crippen LogP contribution in [0.15, 0.2) is 24.3 Å². The molecule has 26 heavy (non-hydrogen) atoms. The maximum atomic E-state index is 12.5. The number of fused-ring (bicyclic) bond motifs is 1. The summed E-state index contributed by atoms with van der Waals surface area (Å²) in [6, 6.07) is 6.69. The van der Waals surface area contributed by atoms with Crippen molar-refractivity contribution in [1.82, 2.24) is 10.3 Å². The lowest BCUT2D eigenvalue weighted by atomic mass is 10.1. The van der Waals surface area contributed by atoms with E-state index in [1.54, 1.807) is 35.6 Å². The minimum absolute atomic E-state index is 0.145. The van der Waals surface area contributed by atoms with Crippen LogP contribution in [0, 0.1) is 0 Å². The fourth-order valence-corrected chi connectivity index (χ4v) is 3.98. The minimum atomic E-state index is -0.296. The highest BCUT2D eigenvalue weighted by Crippen LogP contribution is 2.29. The van der Waals surface area contributed by atoms with E-state index >= 15 is 0 Å². The second-order valence-corrected chi connectivity index (χ2v) is 8.77. The van der Waals surface area contributed by atoms with Gasteiger partial charge in [-0.1, -0.05) is 6.42 Å². The van der Waals surface area contributed by atoms with Crippen LogP contribution in [0.5, 0.6) is 0 Å². The molecule has 0 saturated heterocycles. The molecule has 2 aromatic rings. The summed E-state index contributed by atoms with van der Waals surface area (Å²) in [6.45, 7) is 5.80. The lowest BCUT2D eigenvalue weighted by Crippen LogP contribution is -2.40. The van der Waals surface area contributed by atoms with Gasteiger partial charge < -0.3 is 5.32 Å². The van der Waals surface area contributed by atoms with E-state index in [0.717, 1.165) is 18.5 Å². The predicted molar refractivity (Wildman–Crippen MR) is 105 cm³/mol. The molecule has 1 heterocycles. The number of nitrogens with one attached hydrogen (secondary N) is 2. The molecule has 0 radical (unpaired) electrons. The van der Waals surface area contributed by atoms with E-state index in [-0.39, 0.29) is 17.4 Å². The van der Waals surface area contributed by atoms with Gasteiger partial charge in [-0.15, -0.1) is 11.3 Å². The van der Waals surface area contributed by atoms with Gasteiger partial charge in [-0.2, -0.15) is 0 Å². The van der Waals surface area contributed by atoms with E-state index in [1.165, 1.54) is 24.1 Å². The molecule has 6 heteroatoms. The summed E-state index contributed by atoms with van der Waals surface area (Å²) in [5.74, 6) is -0.343. The number of aromatic nitrogens is 1. The number of benzene rings is 1. The topological polar surface area (TPSA) is 71.1 Å². The van der Waals surface area contributed by atoms with Gasteiger partial charge in [-0.3, -0.25) is 14.9 Å². The van der Waals surface area contributed by atoms with Crippen LogP contribution in [0.4, 0.5) is 5.13 Å². The lowest BCUT2D eigenvalue weighted by molar-refractivity contribution is 0.0918. The Labute approximate surface area is 158 Å². The Morgan fingerprint density at radius 1 is 0.962 bits per heavy atom. The molecule has 0 unspecified atom stereocenters. The third kappa shape index (κ3) is 4.69. The highest BCUT2D eigenvalue weighted by molar-refractivity contribution is 7.15. The monoisotopic (exact) mass is 371 g/mol. The van der Waals surface area contributed by atoms with Crippen LogP contribution in [0.1, 0.15) is 71.3 Å². The number of rotatable bonds is 3. The summed E-state index contributed by atoms with van der Waals surface area (Å²) in [6.07, 6.45) is 5.67. The number of hydrogen-bond donors (Lipinski definition) is 2. The van der Waals surface area contributed by atoms with E-state index < -0.39 is 0 Å². The third-order valence-corrected chi connectivity index (χ3v) is 5.29. The van der Waals surface area contributed by atoms with Crippen LogP contribution in [-0.2, 0) is 12.8 Å². The number of amides is 2. The number of carbonyl (C=O) groups excluding carboxylic acids is 2. The second kappa shape index (κ2) is 7.58. The molecule has 1 aliphatic carbocycles. The zero-order valence-corrected chi connectivity index (χ0v) is 16.3. The predicted octanol–water partition coefficient (Wildman–Crippen LogP) is 4.19. The number of thiazole rings is 1. The van der Waals surface area contributed by atoms with Gasteiger partial charge in [-0.25, -0.2) is 4.98 Å². The Balaban J connectivity index is 1.66. The van der Waals surface area contributed by atoms with Gasteiger partial charge in [0.05, 0.1) is 5.69 Å². The van der Waals surface area contributed by atoms with E-state index in [4.69, 9.17) is 0 Å². The first-order valence-electron chi connectivity index (χ1n) is 9.04. The molecule has 0 saturated carbocycles. The molecule has 2 N–H and O–H groups in total. The second-order valence-electron chi connectivity index (χ2n) is 7.69. The van der Waals surface area contributed by atoms with Crippen LogP contribution < -0.4 is 10.6 Å². The van der Waals surface area contributed by atoms with Crippen LogP contribution in [0.3, 0.4) is 0 Å². The summed E-state index contributed by atoms with van der Waals surface area (Å²) in [5.41, 5.74) is 1.90. The van der Waals surface area contributed by atoms with Gasteiger partial charge in [0.25, 0.3) is 11.8 Å². The molecule has 2 amide bonds. The number of carbonyl (C=O) groups is 2. The highest BCUT2D eigenvalue weighted by atomic mass is 32.1. The summed E-state index contributed by atoms with van der Waals surface area (Å²) in [5, 5.41) is 6.46. The van der Waals surface area contributed by atoms with Crippen molar-refractivity contribution in [3.05, 3.63) is 46.0 Å². The van der Waals surface area contributed by atoms with E-state index in [2.05, 4.69) is 15.6 Å². The molecule has 0 atom stereocenters. The molecule has 5 nitrogen and oxygen atoms in total. The standard InChI is InChI=1S/C20H25N3O2S/c1-20(2,3)23-18(25)14-11-9-13(10-12-14)17(24)22-19-21-15-7-5-4-6-8-16(15)26-19/h9-12H,4-8H2,1-3H3,(H,23,25)(H,21,22,24). The van der Waals surface area contributed by atoms with Gasteiger partial charge in [0.15, 0.2) is 5.13 Å². The summed E-state index contributed by atoms with van der Waals surface area (Å²) in [4.78, 5) is 30.5. The Morgan fingerprint density at radius 3 is 2.23 bits per heavy atom. The largest absolute Gasteiger partial charge is 0.347 e. The zero-order chi connectivity index (χ0) is 18.7. The molecule has 3 rings (SSSR count). The molecule has 0 fully saturated rings. The van der Waals surface area contributed by atoms with E-state index in [0.29, 0.717) is 16.3 Å². The Hall–Kier alpha value is -2.21. The van der Waals surface area contributed by atoms with Crippen LogP contribution in [0.2, 0.25) is 0 Å². The first-order valence-corrected chi connectivity index (χ1v) is 9.86. The van der Waals surface area contributed by atoms with Crippen LogP contribution in [0.25, 0.3) is 0 Å². The first-order chi connectivity index (χ1) is 12.3. The average molecular weight is 372 g/mol. The first kappa shape index (κ1) is 18.6. The third-order valence-electron chi connectivity index (χ3n) is 4.21. The van der Waals surface area contributed by atoms with E-state index in [1.807, 2.05) is 20.8 Å². The van der Waals surface area contributed by atoms with Crippen molar-refractivity contribution in [2.45, 2.75) is 58.4 Å². The van der Waals surface area contributed by atoms with Gasteiger partial charge in [0.1, 0.15) is 0 Å². The minimum Gasteiger partial charge on any atom is -0.347 e. The SMILES string of the molecule is CC(C)(C)NC(=O)c1ccc(C(=O)Nc2nc3c(s2)CCCCC3)cc1. The quantitative estimate of drug-likeness (QED) is 0.795. The Morgan fingerprint density at radius 2 is 1.58 bits per heavy atom. The number of nitrogens with zero attached hydrogens (tertiary/aromatic N) is 1. The maximum absolute atomic E-state index is 12.5. The van der Waals surface area contributed by atoms with Crippen molar-refractivity contribution in [3.63, 3.8) is 0 Å². The molecular formula is C20H25N3O2S. The van der Waals surface area contributed by atoms with Crippen LogP contribution >= 0.6 is 11.3 Å². The Kier molecular flexibility index (Phi) is 5.41. The van der Waals surface area contributed by atoms with E-state index in [9.17, 15) is 9.59 Å². The van der Waals surface area contributed by atoms with Crippen molar-refractivity contribution in [2.24, 2.45) is 0 Å². The summed E-state index contributed by atoms with van der Waals surface area (Å²) in [7, 11) is 0. The number of anilines is 1. The number of aryl methyl sites for hydroxylation is 2. The molecule has 0 aliphatic heterocycles. The smallest absolute Gasteiger partial charge is 0.257 e. The fraction of sp³-hybridized carbons (Fsp3) is 0.450. The molecule has 1 aliphatic rings. The molecule has 1 aromatic carbocycles. The molecule has 0 bridgehead atoms. The summed E-state index contributed by atoms with van der Waals surface area (Å²) < 4.78 is 0. The van der Waals surface area contributed by atoms with Crippen molar-refractivity contribution in [3.8, 4) is 0 Å². The molecular weight excluding hydrogens is 346 g/mol. The lowest BCUT2D eigenvalue weighted by Gasteiger charge is -2.20. The van der Waals surface area contributed by atoms with Crippen molar-refractivity contribution >= 4 is 28.3 Å². The van der Waals surface area contributed by atoms with Gasteiger partial charge in [0, 0.05) is 21.5 Å². The van der Waals surface area contributed by atoms with Crippen LogP contribution in [-0.4, -0.2) is 22.3 Å². The summed E-state index contributed by atoms with van der Waals surface area (Å²) >= 11 is 1.58. The normalized spacial score (nSPS) is 14.3. The number of hydrogen-bond acceptors (Lipinski definition) is 4. The highest BCUT2D eigenvalue weighted by Gasteiger charge is 2.18. The molecule has 0 spiro atoms. The van der Waals surface area contributed by atoms with Gasteiger partial charge in [-0.05, 0) is 70.7 Å².